The van der Waals surface area contributed by atoms with E-state index >= 15 is 0 Å². The van der Waals surface area contributed by atoms with Crippen LogP contribution in [-0.2, 0) is 24.3 Å². The van der Waals surface area contributed by atoms with E-state index in [0.29, 0.717) is 18.7 Å². The molecular formula is C22H23N7O2. The Kier molecular flexibility index (Phi) is 6.02. The van der Waals surface area contributed by atoms with E-state index in [1.54, 1.807) is 25.5 Å². The fraction of sp³-hybridized carbons (Fsp3) is 0.227. The summed E-state index contributed by atoms with van der Waals surface area (Å²) in [6.07, 6.45) is 7.55. The van der Waals surface area contributed by atoms with Gasteiger partial charge in [0.25, 0.3) is 5.56 Å². The number of carbonyl (C=O) groups excluding carboxylic acids is 1. The van der Waals surface area contributed by atoms with E-state index in [4.69, 9.17) is 0 Å². The van der Waals surface area contributed by atoms with Crippen molar-refractivity contribution in [2.45, 2.75) is 26.4 Å². The Balaban J connectivity index is 1.37. The maximum absolute atomic E-state index is 12.8. The smallest absolute Gasteiger partial charge is 0.293 e. The molecule has 0 saturated carbocycles. The van der Waals surface area contributed by atoms with E-state index in [-0.39, 0.29) is 30.4 Å². The topological polar surface area (TPSA) is 118 Å². The van der Waals surface area contributed by atoms with Crippen molar-refractivity contribution in [1.82, 2.24) is 29.8 Å². The molecule has 0 unspecified atom stereocenters. The zero-order chi connectivity index (χ0) is 21.6. The van der Waals surface area contributed by atoms with E-state index < -0.39 is 0 Å². The number of anilines is 1. The van der Waals surface area contributed by atoms with Gasteiger partial charge in [-0.1, -0.05) is 6.07 Å². The van der Waals surface area contributed by atoms with Crippen LogP contribution >= 0.6 is 0 Å². The van der Waals surface area contributed by atoms with Gasteiger partial charge in [-0.25, -0.2) is 4.98 Å². The number of amides is 1. The maximum atomic E-state index is 12.8. The normalized spacial score (nSPS) is 10.9. The molecule has 0 aromatic carbocycles. The number of aromatic amines is 1. The Morgan fingerprint density at radius 1 is 1.13 bits per heavy atom. The minimum absolute atomic E-state index is 0.0888. The van der Waals surface area contributed by atoms with Crippen molar-refractivity contribution in [2.24, 2.45) is 0 Å². The van der Waals surface area contributed by atoms with Crippen molar-refractivity contribution in [3.8, 4) is 0 Å². The molecule has 0 radical (unpaired) electrons. The second-order valence-electron chi connectivity index (χ2n) is 7.15. The minimum Gasteiger partial charge on any atom is -0.365 e. The molecule has 0 aliphatic heterocycles. The fourth-order valence-corrected chi connectivity index (χ4v) is 3.23. The molecule has 0 spiro atoms. The Hall–Kier alpha value is -4.01. The third-order valence-corrected chi connectivity index (χ3v) is 4.92. The van der Waals surface area contributed by atoms with Crippen LogP contribution in [0, 0.1) is 6.92 Å². The SMILES string of the molecule is Cc1cnc(NCCc2ccccn2)c(=O)n1CC(=O)NCc1cc2cc[nH]c2cn1. The number of nitrogens with zero attached hydrogens (tertiary/aromatic N) is 4. The van der Waals surface area contributed by atoms with Crippen LogP contribution in [0.5, 0.6) is 0 Å². The first kappa shape index (κ1) is 20.3. The highest BCUT2D eigenvalue weighted by Gasteiger charge is 2.12. The molecule has 4 aromatic heterocycles. The molecule has 1 amide bonds. The number of rotatable bonds is 8. The van der Waals surface area contributed by atoms with Crippen LogP contribution < -0.4 is 16.2 Å². The van der Waals surface area contributed by atoms with Crippen LogP contribution in [0.1, 0.15) is 17.1 Å². The maximum Gasteiger partial charge on any atom is 0.293 e. The molecule has 0 atom stereocenters. The Labute approximate surface area is 178 Å². The van der Waals surface area contributed by atoms with Crippen molar-refractivity contribution in [3.63, 3.8) is 0 Å². The highest BCUT2D eigenvalue weighted by molar-refractivity contribution is 5.79. The predicted octanol–water partition coefficient (Wildman–Crippen LogP) is 1.79. The summed E-state index contributed by atoms with van der Waals surface area (Å²) in [7, 11) is 0. The van der Waals surface area contributed by atoms with Gasteiger partial charge in [0.1, 0.15) is 6.54 Å². The average molecular weight is 417 g/mol. The monoisotopic (exact) mass is 417 g/mol. The van der Waals surface area contributed by atoms with Gasteiger partial charge in [-0.2, -0.15) is 0 Å². The van der Waals surface area contributed by atoms with Crippen LogP contribution in [0.3, 0.4) is 0 Å². The standard InChI is InChI=1S/C22H23N7O2/c1-15-11-28-21(25-9-6-17-4-2-3-7-23-17)22(31)29(15)14-20(30)27-12-18-10-16-5-8-24-19(16)13-26-18/h2-5,7-8,10-11,13,24H,6,9,12,14H2,1H3,(H,25,28)(H,27,30). The molecule has 0 fully saturated rings. The highest BCUT2D eigenvalue weighted by atomic mass is 16.2. The molecule has 9 nitrogen and oxygen atoms in total. The third-order valence-electron chi connectivity index (χ3n) is 4.92. The number of H-pyrrole nitrogens is 1. The zero-order valence-electron chi connectivity index (χ0n) is 17.1. The van der Waals surface area contributed by atoms with Crippen molar-refractivity contribution >= 4 is 22.6 Å². The molecule has 4 heterocycles. The van der Waals surface area contributed by atoms with Crippen LogP contribution in [0.15, 0.2) is 59.9 Å². The lowest BCUT2D eigenvalue weighted by molar-refractivity contribution is -0.121. The van der Waals surface area contributed by atoms with E-state index in [9.17, 15) is 9.59 Å². The van der Waals surface area contributed by atoms with E-state index in [2.05, 4.69) is 30.6 Å². The van der Waals surface area contributed by atoms with Crippen molar-refractivity contribution in [1.29, 1.82) is 0 Å². The first-order valence-corrected chi connectivity index (χ1v) is 9.99. The molecule has 31 heavy (non-hydrogen) atoms. The van der Waals surface area contributed by atoms with Gasteiger partial charge in [0, 0.05) is 48.3 Å². The molecule has 158 valence electrons. The summed E-state index contributed by atoms with van der Waals surface area (Å²) in [5.41, 5.74) is 2.90. The van der Waals surface area contributed by atoms with E-state index in [0.717, 1.165) is 22.3 Å². The Bertz CT molecular complexity index is 1250. The summed E-state index contributed by atoms with van der Waals surface area (Å²) < 4.78 is 1.41. The molecule has 3 N–H and O–H groups in total. The summed E-state index contributed by atoms with van der Waals surface area (Å²) in [4.78, 5) is 41.1. The lowest BCUT2D eigenvalue weighted by Gasteiger charge is -2.12. The second-order valence-corrected chi connectivity index (χ2v) is 7.15. The number of nitrogens with one attached hydrogen (secondary N) is 3. The number of fused-ring (bicyclic) bond motifs is 1. The summed E-state index contributed by atoms with van der Waals surface area (Å²) in [5, 5.41) is 6.90. The van der Waals surface area contributed by atoms with Gasteiger partial charge in [-0.15, -0.1) is 0 Å². The van der Waals surface area contributed by atoms with Crippen LogP contribution in [0.2, 0.25) is 0 Å². The van der Waals surface area contributed by atoms with E-state index in [1.165, 1.54) is 4.57 Å². The largest absolute Gasteiger partial charge is 0.365 e. The first-order chi connectivity index (χ1) is 15.1. The fourth-order valence-electron chi connectivity index (χ4n) is 3.23. The second kappa shape index (κ2) is 9.21. The van der Waals surface area contributed by atoms with Gasteiger partial charge in [0.15, 0.2) is 5.82 Å². The van der Waals surface area contributed by atoms with Gasteiger partial charge in [-0.05, 0) is 31.2 Å². The molecule has 0 bridgehead atoms. The third kappa shape index (κ3) is 4.95. The summed E-state index contributed by atoms with van der Waals surface area (Å²) >= 11 is 0. The number of carbonyl (C=O) groups is 1. The molecule has 9 heteroatoms. The lowest BCUT2D eigenvalue weighted by atomic mass is 10.2. The van der Waals surface area contributed by atoms with Gasteiger partial charge < -0.3 is 15.6 Å². The molecule has 4 aromatic rings. The summed E-state index contributed by atoms with van der Waals surface area (Å²) in [5.74, 6) is -0.0549. The molecule has 0 aliphatic rings. The molecular weight excluding hydrogens is 394 g/mol. The highest BCUT2D eigenvalue weighted by Crippen LogP contribution is 2.11. The van der Waals surface area contributed by atoms with E-state index in [1.807, 2.05) is 36.5 Å². The van der Waals surface area contributed by atoms with Crippen LogP contribution in [-0.4, -0.2) is 37.0 Å². The lowest BCUT2D eigenvalue weighted by Crippen LogP contribution is -2.34. The number of pyridine rings is 2. The number of hydrogen-bond donors (Lipinski definition) is 3. The van der Waals surface area contributed by atoms with Crippen LogP contribution in [0.25, 0.3) is 10.9 Å². The predicted molar refractivity (Wildman–Crippen MR) is 118 cm³/mol. The van der Waals surface area contributed by atoms with Crippen molar-refractivity contribution in [2.75, 3.05) is 11.9 Å². The van der Waals surface area contributed by atoms with Crippen molar-refractivity contribution in [3.05, 3.63) is 82.6 Å². The minimum atomic E-state index is -0.331. The number of hydrogen-bond acceptors (Lipinski definition) is 6. The van der Waals surface area contributed by atoms with Gasteiger partial charge in [0.2, 0.25) is 5.91 Å². The molecule has 0 aliphatic carbocycles. The molecule has 4 rings (SSSR count). The van der Waals surface area contributed by atoms with Gasteiger partial charge in [0.05, 0.1) is 24.0 Å². The zero-order valence-corrected chi connectivity index (χ0v) is 17.1. The first-order valence-electron chi connectivity index (χ1n) is 9.99. The number of aryl methyl sites for hydroxylation is 1. The van der Waals surface area contributed by atoms with Gasteiger partial charge in [-0.3, -0.25) is 24.1 Å². The van der Waals surface area contributed by atoms with Gasteiger partial charge >= 0.3 is 0 Å². The summed E-state index contributed by atoms with van der Waals surface area (Å²) in [6.45, 7) is 2.46. The summed E-state index contributed by atoms with van der Waals surface area (Å²) in [6, 6.07) is 9.57. The number of aromatic nitrogens is 5. The van der Waals surface area contributed by atoms with Crippen LogP contribution in [0.4, 0.5) is 5.82 Å². The quantitative estimate of drug-likeness (QED) is 0.402. The Morgan fingerprint density at radius 2 is 2.03 bits per heavy atom. The average Bonchev–Trinajstić information content (AvgIpc) is 3.25. The Morgan fingerprint density at radius 3 is 2.87 bits per heavy atom. The van der Waals surface area contributed by atoms with Crippen molar-refractivity contribution < 1.29 is 4.79 Å². The molecule has 0 saturated heterocycles.